The van der Waals surface area contributed by atoms with Crippen LogP contribution in [0, 0.1) is 5.41 Å². The van der Waals surface area contributed by atoms with Gasteiger partial charge < -0.3 is 5.32 Å². The third-order valence-corrected chi connectivity index (χ3v) is 4.15. The lowest BCUT2D eigenvalue weighted by molar-refractivity contribution is 0.304. The highest BCUT2D eigenvalue weighted by atomic mass is 32.2. The smallest absolute Gasteiger partial charge is 0.0545 e. The van der Waals surface area contributed by atoms with Crippen LogP contribution in [0.2, 0.25) is 0 Å². The molecule has 2 nitrogen and oxygen atoms in total. The van der Waals surface area contributed by atoms with Gasteiger partial charge in [-0.3, -0.25) is 4.21 Å². The Bertz CT molecular complexity index is 343. The molecule has 1 rings (SSSR count). The SMILES string of the molecule is CNC(CS(=O)c1ccccc1)C(C)(C)C. The second-order valence-corrected chi connectivity index (χ2v) is 6.53. The van der Waals surface area contributed by atoms with E-state index in [1.165, 1.54) is 0 Å². The van der Waals surface area contributed by atoms with Crippen LogP contribution in [0.4, 0.5) is 0 Å². The highest BCUT2D eigenvalue weighted by Gasteiger charge is 2.25. The summed E-state index contributed by atoms with van der Waals surface area (Å²) in [4.78, 5) is 0.909. The summed E-state index contributed by atoms with van der Waals surface area (Å²) < 4.78 is 12.1. The molecule has 0 aliphatic carbocycles. The van der Waals surface area contributed by atoms with Crippen molar-refractivity contribution in [3.63, 3.8) is 0 Å². The monoisotopic (exact) mass is 239 g/mol. The molecule has 1 aromatic rings. The molecule has 0 saturated carbocycles. The lowest BCUT2D eigenvalue weighted by atomic mass is 9.88. The van der Waals surface area contributed by atoms with E-state index < -0.39 is 10.8 Å². The van der Waals surface area contributed by atoms with Crippen molar-refractivity contribution in [2.24, 2.45) is 5.41 Å². The fourth-order valence-electron chi connectivity index (χ4n) is 1.59. The average molecular weight is 239 g/mol. The average Bonchev–Trinajstić information content (AvgIpc) is 2.25. The Hall–Kier alpha value is -0.670. The van der Waals surface area contributed by atoms with Crippen molar-refractivity contribution < 1.29 is 4.21 Å². The van der Waals surface area contributed by atoms with Gasteiger partial charge in [-0.25, -0.2) is 0 Å². The van der Waals surface area contributed by atoms with Gasteiger partial charge in [0.05, 0.1) is 10.8 Å². The Kier molecular flexibility index (Phi) is 4.69. The summed E-state index contributed by atoms with van der Waals surface area (Å²) in [5, 5.41) is 3.25. The lowest BCUT2D eigenvalue weighted by Crippen LogP contribution is -2.42. The van der Waals surface area contributed by atoms with E-state index in [0.29, 0.717) is 5.75 Å². The standard InChI is InChI=1S/C13H21NOS/c1-13(2,3)12(14-4)10-16(15)11-8-6-5-7-9-11/h5-9,12,14H,10H2,1-4H3. The van der Waals surface area contributed by atoms with Crippen LogP contribution in [0.15, 0.2) is 35.2 Å². The molecule has 0 aliphatic heterocycles. The molecule has 2 unspecified atom stereocenters. The van der Waals surface area contributed by atoms with Gasteiger partial charge in [-0.15, -0.1) is 0 Å². The molecule has 0 radical (unpaired) electrons. The summed E-state index contributed by atoms with van der Waals surface area (Å²) in [6, 6.07) is 9.91. The van der Waals surface area contributed by atoms with Crippen LogP contribution in [-0.4, -0.2) is 23.1 Å². The normalized spacial score (nSPS) is 15.8. The van der Waals surface area contributed by atoms with E-state index in [0.717, 1.165) is 4.90 Å². The minimum absolute atomic E-state index is 0.124. The van der Waals surface area contributed by atoms with E-state index in [-0.39, 0.29) is 11.5 Å². The predicted octanol–water partition coefficient (Wildman–Crippen LogP) is 2.43. The molecule has 0 fully saturated rings. The Morgan fingerprint density at radius 1 is 1.25 bits per heavy atom. The molecular weight excluding hydrogens is 218 g/mol. The van der Waals surface area contributed by atoms with Gasteiger partial charge >= 0.3 is 0 Å². The molecule has 0 aliphatic rings. The van der Waals surface area contributed by atoms with Gasteiger partial charge in [-0.05, 0) is 24.6 Å². The van der Waals surface area contributed by atoms with Crippen molar-refractivity contribution in [2.45, 2.75) is 31.7 Å². The van der Waals surface area contributed by atoms with Crippen LogP contribution in [0.1, 0.15) is 20.8 Å². The van der Waals surface area contributed by atoms with Crippen LogP contribution < -0.4 is 5.32 Å². The molecule has 3 heteroatoms. The van der Waals surface area contributed by atoms with Gasteiger partial charge in [0.25, 0.3) is 0 Å². The molecule has 16 heavy (non-hydrogen) atoms. The van der Waals surface area contributed by atoms with Crippen molar-refractivity contribution >= 4 is 10.8 Å². The summed E-state index contributed by atoms with van der Waals surface area (Å²) in [7, 11) is 1.01. The summed E-state index contributed by atoms with van der Waals surface area (Å²) in [5.74, 6) is 0.657. The Morgan fingerprint density at radius 3 is 2.25 bits per heavy atom. The van der Waals surface area contributed by atoms with Crippen molar-refractivity contribution in [1.82, 2.24) is 5.32 Å². The van der Waals surface area contributed by atoms with Crippen molar-refractivity contribution in [3.05, 3.63) is 30.3 Å². The minimum atomic E-state index is -0.922. The highest BCUT2D eigenvalue weighted by molar-refractivity contribution is 7.85. The zero-order chi connectivity index (χ0) is 12.2. The molecule has 0 saturated heterocycles. The second kappa shape index (κ2) is 5.60. The Balaban J connectivity index is 2.71. The number of hydrogen-bond donors (Lipinski definition) is 1. The van der Waals surface area contributed by atoms with Gasteiger partial charge in [0.15, 0.2) is 0 Å². The van der Waals surface area contributed by atoms with Crippen molar-refractivity contribution in [3.8, 4) is 0 Å². The topological polar surface area (TPSA) is 29.1 Å². The van der Waals surface area contributed by atoms with Gasteiger partial charge in [-0.2, -0.15) is 0 Å². The molecule has 0 bridgehead atoms. The second-order valence-electron chi connectivity index (χ2n) is 5.03. The maximum atomic E-state index is 12.1. The van der Waals surface area contributed by atoms with Crippen LogP contribution in [-0.2, 0) is 10.8 Å². The van der Waals surface area contributed by atoms with Gasteiger partial charge in [0.1, 0.15) is 0 Å². The minimum Gasteiger partial charge on any atom is -0.316 e. The first-order valence-electron chi connectivity index (χ1n) is 5.56. The fraction of sp³-hybridized carbons (Fsp3) is 0.538. The largest absolute Gasteiger partial charge is 0.316 e. The quantitative estimate of drug-likeness (QED) is 0.874. The molecule has 2 atom stereocenters. The zero-order valence-corrected chi connectivity index (χ0v) is 11.3. The third-order valence-electron chi connectivity index (χ3n) is 2.72. The molecule has 0 heterocycles. The van der Waals surface area contributed by atoms with E-state index in [2.05, 4.69) is 26.1 Å². The van der Waals surface area contributed by atoms with Crippen LogP contribution in [0.3, 0.4) is 0 Å². The summed E-state index contributed by atoms with van der Waals surface area (Å²) in [6.45, 7) is 6.49. The fourth-order valence-corrected chi connectivity index (χ4v) is 3.21. The molecule has 90 valence electrons. The third kappa shape index (κ3) is 3.72. The maximum absolute atomic E-state index is 12.1. The number of rotatable bonds is 4. The van der Waals surface area contributed by atoms with E-state index in [1.807, 2.05) is 37.4 Å². The maximum Gasteiger partial charge on any atom is 0.0545 e. The Labute approximate surface area is 101 Å². The number of nitrogens with one attached hydrogen (secondary N) is 1. The molecule has 1 N–H and O–H groups in total. The predicted molar refractivity (Wildman–Crippen MR) is 70.0 cm³/mol. The molecule has 0 amide bonds. The zero-order valence-electron chi connectivity index (χ0n) is 10.5. The first-order valence-corrected chi connectivity index (χ1v) is 6.87. The first kappa shape index (κ1) is 13.4. The summed E-state index contributed by atoms with van der Waals surface area (Å²) >= 11 is 0. The van der Waals surface area contributed by atoms with E-state index in [9.17, 15) is 4.21 Å². The van der Waals surface area contributed by atoms with Crippen LogP contribution in [0.25, 0.3) is 0 Å². The van der Waals surface area contributed by atoms with Crippen LogP contribution >= 0.6 is 0 Å². The highest BCUT2D eigenvalue weighted by Crippen LogP contribution is 2.21. The van der Waals surface area contributed by atoms with E-state index >= 15 is 0 Å². The Morgan fingerprint density at radius 2 is 1.81 bits per heavy atom. The van der Waals surface area contributed by atoms with E-state index in [1.54, 1.807) is 0 Å². The molecule has 0 spiro atoms. The van der Waals surface area contributed by atoms with Gasteiger partial charge in [0.2, 0.25) is 0 Å². The lowest BCUT2D eigenvalue weighted by Gasteiger charge is -2.29. The molecular formula is C13H21NOS. The first-order chi connectivity index (χ1) is 7.45. The summed E-state index contributed by atoms with van der Waals surface area (Å²) in [5.41, 5.74) is 0.124. The molecule has 1 aromatic carbocycles. The van der Waals surface area contributed by atoms with Gasteiger partial charge in [-0.1, -0.05) is 39.0 Å². The van der Waals surface area contributed by atoms with Crippen molar-refractivity contribution in [2.75, 3.05) is 12.8 Å². The van der Waals surface area contributed by atoms with Crippen LogP contribution in [0.5, 0.6) is 0 Å². The van der Waals surface area contributed by atoms with Crippen molar-refractivity contribution in [1.29, 1.82) is 0 Å². The number of hydrogen-bond acceptors (Lipinski definition) is 2. The summed E-state index contributed by atoms with van der Waals surface area (Å²) in [6.07, 6.45) is 0. The number of benzene rings is 1. The van der Waals surface area contributed by atoms with Gasteiger partial charge in [0, 0.05) is 16.7 Å². The molecule has 0 aromatic heterocycles. The van der Waals surface area contributed by atoms with E-state index in [4.69, 9.17) is 0 Å².